The second-order valence-electron chi connectivity index (χ2n) is 4.13. The van der Waals surface area contributed by atoms with Crippen LogP contribution in [0.3, 0.4) is 0 Å². The van der Waals surface area contributed by atoms with Crippen molar-refractivity contribution in [1.82, 2.24) is 0 Å². The van der Waals surface area contributed by atoms with Crippen LogP contribution in [0.15, 0.2) is 65.7 Å². The van der Waals surface area contributed by atoms with Crippen molar-refractivity contribution in [2.45, 2.75) is 12.5 Å². The number of aliphatic imine (C=N–C) groups is 1. The van der Waals surface area contributed by atoms with Crippen molar-refractivity contribution in [3.63, 3.8) is 0 Å². The summed E-state index contributed by atoms with van der Waals surface area (Å²) in [5.74, 6) is 0. The van der Waals surface area contributed by atoms with Gasteiger partial charge in [0.2, 0.25) is 0 Å². The van der Waals surface area contributed by atoms with E-state index >= 15 is 0 Å². The van der Waals surface area contributed by atoms with E-state index in [1.54, 1.807) is 0 Å². The van der Waals surface area contributed by atoms with Crippen molar-refractivity contribution in [2.24, 2.45) is 4.99 Å². The maximum absolute atomic E-state index is 9.12. The minimum absolute atomic E-state index is 0.0245. The van der Waals surface area contributed by atoms with Gasteiger partial charge in [-0.1, -0.05) is 60.7 Å². The first-order chi connectivity index (χ1) is 8.90. The van der Waals surface area contributed by atoms with Gasteiger partial charge in [-0.05, 0) is 17.5 Å². The number of aliphatic hydroxyl groups is 1. The molecule has 0 aromatic heterocycles. The third kappa shape index (κ3) is 3.54. The summed E-state index contributed by atoms with van der Waals surface area (Å²) in [5, 5.41) is 9.12. The lowest BCUT2D eigenvalue weighted by Crippen LogP contribution is -1.99. The minimum atomic E-state index is 0.0245. The van der Waals surface area contributed by atoms with Gasteiger partial charge in [-0.2, -0.15) is 0 Å². The van der Waals surface area contributed by atoms with E-state index in [9.17, 15) is 0 Å². The van der Waals surface area contributed by atoms with Gasteiger partial charge in [0, 0.05) is 12.8 Å². The molecule has 1 N–H and O–H groups in total. The molecule has 2 heteroatoms. The molecule has 0 saturated carbocycles. The molecule has 0 bridgehead atoms. The normalized spacial score (nSPS) is 12.7. The predicted molar refractivity (Wildman–Crippen MR) is 74.9 cm³/mol. The molecule has 0 aliphatic rings. The van der Waals surface area contributed by atoms with Gasteiger partial charge in [-0.3, -0.25) is 4.99 Å². The zero-order valence-corrected chi connectivity index (χ0v) is 10.2. The molecule has 92 valence electrons. The van der Waals surface area contributed by atoms with Crippen molar-refractivity contribution in [3.05, 3.63) is 71.8 Å². The third-order valence-corrected chi connectivity index (χ3v) is 2.79. The second-order valence-corrected chi connectivity index (χ2v) is 4.13. The average Bonchev–Trinajstić information content (AvgIpc) is 2.45. The molecule has 0 fully saturated rings. The fraction of sp³-hybridized carbons (Fsp3) is 0.188. The van der Waals surface area contributed by atoms with Crippen LogP contribution in [0.1, 0.15) is 23.6 Å². The van der Waals surface area contributed by atoms with Crippen LogP contribution in [0.4, 0.5) is 0 Å². The van der Waals surface area contributed by atoms with Crippen LogP contribution in [0, 0.1) is 0 Å². The Morgan fingerprint density at radius 1 is 0.944 bits per heavy atom. The molecule has 1 atom stereocenters. The molecule has 0 spiro atoms. The first-order valence-electron chi connectivity index (χ1n) is 6.14. The van der Waals surface area contributed by atoms with Crippen molar-refractivity contribution in [1.29, 1.82) is 0 Å². The third-order valence-electron chi connectivity index (χ3n) is 2.79. The number of rotatable bonds is 5. The highest BCUT2D eigenvalue weighted by Gasteiger charge is 2.07. The number of aliphatic hydroxyl groups excluding tert-OH is 1. The van der Waals surface area contributed by atoms with Crippen LogP contribution in [0.5, 0.6) is 0 Å². The zero-order chi connectivity index (χ0) is 12.6. The Bertz CT molecular complexity index is 479. The Labute approximate surface area is 108 Å². The predicted octanol–water partition coefficient (Wildman–Crippen LogP) is 3.23. The quantitative estimate of drug-likeness (QED) is 0.798. The molecule has 2 aromatic carbocycles. The Morgan fingerprint density at radius 2 is 1.56 bits per heavy atom. The Kier molecular flexibility index (Phi) is 4.68. The lowest BCUT2D eigenvalue weighted by atomic mass is 10.0. The van der Waals surface area contributed by atoms with Crippen molar-refractivity contribution >= 4 is 6.21 Å². The number of hydrogen-bond acceptors (Lipinski definition) is 2. The number of benzene rings is 2. The molecule has 0 aliphatic carbocycles. The highest BCUT2D eigenvalue weighted by atomic mass is 16.3. The van der Waals surface area contributed by atoms with Crippen molar-refractivity contribution in [3.8, 4) is 0 Å². The largest absolute Gasteiger partial charge is 0.396 e. The summed E-state index contributed by atoms with van der Waals surface area (Å²) < 4.78 is 0. The van der Waals surface area contributed by atoms with Crippen LogP contribution in [-0.4, -0.2) is 17.9 Å². The molecule has 2 aromatic rings. The minimum Gasteiger partial charge on any atom is -0.396 e. The van der Waals surface area contributed by atoms with Crippen LogP contribution in [0.25, 0.3) is 0 Å². The molecule has 2 rings (SSSR count). The van der Waals surface area contributed by atoms with Crippen LogP contribution < -0.4 is 0 Å². The maximum atomic E-state index is 9.12. The van der Waals surface area contributed by atoms with Gasteiger partial charge in [0.15, 0.2) is 0 Å². The summed E-state index contributed by atoms with van der Waals surface area (Å²) in [5.41, 5.74) is 2.22. The van der Waals surface area contributed by atoms with Crippen LogP contribution in [-0.2, 0) is 0 Å². The summed E-state index contributed by atoms with van der Waals surface area (Å²) in [6.07, 6.45) is 2.51. The fourth-order valence-electron chi connectivity index (χ4n) is 1.84. The van der Waals surface area contributed by atoms with E-state index < -0.39 is 0 Å². The highest BCUT2D eigenvalue weighted by Crippen LogP contribution is 2.20. The average molecular weight is 239 g/mol. The molecule has 2 nitrogen and oxygen atoms in total. The van der Waals surface area contributed by atoms with Crippen molar-refractivity contribution < 1.29 is 5.11 Å². The Hall–Kier alpha value is -1.93. The molecule has 0 radical (unpaired) electrons. The molecular formula is C16H17NO. The molecule has 0 aliphatic heterocycles. The van der Waals surface area contributed by atoms with E-state index in [0.717, 1.165) is 11.1 Å². The summed E-state index contributed by atoms with van der Waals surface area (Å²) in [6, 6.07) is 20.1. The highest BCUT2D eigenvalue weighted by molar-refractivity contribution is 5.79. The number of nitrogens with zero attached hydrogens (tertiary/aromatic N) is 1. The first-order valence-corrected chi connectivity index (χ1v) is 6.14. The zero-order valence-electron chi connectivity index (χ0n) is 10.2. The lowest BCUT2D eigenvalue weighted by molar-refractivity contribution is 0.277. The molecule has 18 heavy (non-hydrogen) atoms. The van der Waals surface area contributed by atoms with Crippen LogP contribution in [0.2, 0.25) is 0 Å². The molecular weight excluding hydrogens is 222 g/mol. The molecule has 1 unspecified atom stereocenters. The lowest BCUT2D eigenvalue weighted by Gasteiger charge is -2.11. The molecule has 0 amide bonds. The topological polar surface area (TPSA) is 32.6 Å². The van der Waals surface area contributed by atoms with E-state index in [1.807, 2.05) is 66.9 Å². The van der Waals surface area contributed by atoms with Gasteiger partial charge < -0.3 is 5.11 Å². The van der Waals surface area contributed by atoms with Gasteiger partial charge in [-0.25, -0.2) is 0 Å². The van der Waals surface area contributed by atoms with Gasteiger partial charge in [0.05, 0.1) is 6.04 Å². The van der Waals surface area contributed by atoms with E-state index in [1.165, 1.54) is 0 Å². The Morgan fingerprint density at radius 3 is 2.17 bits per heavy atom. The van der Waals surface area contributed by atoms with Crippen molar-refractivity contribution in [2.75, 3.05) is 6.61 Å². The van der Waals surface area contributed by atoms with E-state index in [4.69, 9.17) is 5.11 Å². The molecule has 0 heterocycles. The first kappa shape index (κ1) is 12.5. The standard InChI is InChI=1S/C16H17NO/c18-12-11-16(15-9-5-2-6-10-15)17-13-14-7-3-1-4-8-14/h1-10,13,16,18H,11-12H2. The maximum Gasteiger partial charge on any atom is 0.0771 e. The van der Waals surface area contributed by atoms with Crippen LogP contribution >= 0.6 is 0 Å². The van der Waals surface area contributed by atoms with Gasteiger partial charge in [0.25, 0.3) is 0 Å². The summed E-state index contributed by atoms with van der Waals surface area (Å²) in [7, 11) is 0. The monoisotopic (exact) mass is 239 g/mol. The van der Waals surface area contributed by atoms with Gasteiger partial charge in [0.1, 0.15) is 0 Å². The fourth-order valence-corrected chi connectivity index (χ4v) is 1.84. The SMILES string of the molecule is OCCC(N=Cc1ccccc1)c1ccccc1. The smallest absolute Gasteiger partial charge is 0.0771 e. The summed E-state index contributed by atoms with van der Waals surface area (Å²) in [6.45, 7) is 0.145. The molecule has 0 saturated heterocycles. The summed E-state index contributed by atoms with van der Waals surface area (Å²) in [4.78, 5) is 4.57. The van der Waals surface area contributed by atoms with Gasteiger partial charge in [-0.15, -0.1) is 0 Å². The Balaban J connectivity index is 2.14. The van der Waals surface area contributed by atoms with Gasteiger partial charge >= 0.3 is 0 Å². The summed E-state index contributed by atoms with van der Waals surface area (Å²) >= 11 is 0. The van der Waals surface area contributed by atoms with E-state index in [0.29, 0.717) is 6.42 Å². The number of hydrogen-bond donors (Lipinski definition) is 1. The second kappa shape index (κ2) is 6.72. The van der Waals surface area contributed by atoms with E-state index in [-0.39, 0.29) is 12.6 Å². The van der Waals surface area contributed by atoms with E-state index in [2.05, 4.69) is 4.99 Å².